The van der Waals surface area contributed by atoms with Crippen LogP contribution in [0.15, 0.2) is 11.0 Å². The first-order chi connectivity index (χ1) is 14.9. The van der Waals surface area contributed by atoms with Gasteiger partial charge in [-0.2, -0.15) is 23.4 Å². The van der Waals surface area contributed by atoms with Gasteiger partial charge in [-0.25, -0.2) is 22.9 Å². The summed E-state index contributed by atoms with van der Waals surface area (Å²) in [6.45, 7) is 0.903. The van der Waals surface area contributed by atoms with E-state index in [9.17, 15) is 33.4 Å². The van der Waals surface area contributed by atoms with Gasteiger partial charge in [-0.15, -0.1) is 0 Å². The third kappa shape index (κ3) is 6.87. The maximum atomic E-state index is 15.5. The standard InChI is InChI=1S/C11H15ClFN4O13P3/c1-5(28-32(23,24)30-33(25,26)29-31(20,21)22)7-8(18)11(13,2-3-12)9(27-7)17-10(19)16-6(14)4-15-17/h4-5,7-9,18H,1H3,(H,23,24)(H,25,26)(H2,14,16,19)(H2,20,21,22)/t5-,7+,8?,9+,11?/m0/s1. The molecule has 4 unspecified atom stereocenters. The van der Waals surface area contributed by atoms with Crippen LogP contribution in [0.4, 0.5) is 10.2 Å². The van der Waals surface area contributed by atoms with Gasteiger partial charge in [0.15, 0.2) is 0 Å². The van der Waals surface area contributed by atoms with Crippen LogP contribution >= 0.6 is 35.1 Å². The van der Waals surface area contributed by atoms with E-state index in [1.807, 2.05) is 0 Å². The van der Waals surface area contributed by atoms with Gasteiger partial charge in [0, 0.05) is 5.38 Å². The van der Waals surface area contributed by atoms with Crippen LogP contribution in [-0.2, 0) is 31.6 Å². The highest BCUT2D eigenvalue weighted by atomic mass is 35.5. The van der Waals surface area contributed by atoms with Crippen molar-refractivity contribution < 1.29 is 60.6 Å². The van der Waals surface area contributed by atoms with E-state index in [1.54, 1.807) is 11.3 Å². The number of phosphoric acid groups is 3. The predicted octanol–water partition coefficient (Wildman–Crippen LogP) is -0.881. The quantitative estimate of drug-likeness (QED) is 0.167. The summed E-state index contributed by atoms with van der Waals surface area (Å²) in [5.74, 6) is 1.45. The van der Waals surface area contributed by atoms with Crippen LogP contribution in [0.25, 0.3) is 0 Å². The molecule has 1 aromatic rings. The van der Waals surface area contributed by atoms with E-state index >= 15 is 4.39 Å². The smallest absolute Gasteiger partial charge is 0.386 e. The summed E-state index contributed by atoms with van der Waals surface area (Å²) in [5, 5.41) is 15.6. The zero-order chi connectivity index (χ0) is 25.4. The molecule has 7 N–H and O–H groups in total. The average Bonchev–Trinajstić information content (AvgIpc) is 2.83. The van der Waals surface area contributed by atoms with E-state index in [0.29, 0.717) is 4.68 Å². The van der Waals surface area contributed by atoms with Crippen molar-refractivity contribution in [2.75, 3.05) is 5.73 Å². The van der Waals surface area contributed by atoms with Gasteiger partial charge in [0.25, 0.3) is 0 Å². The molecule has 1 aliphatic heterocycles. The van der Waals surface area contributed by atoms with Crippen molar-refractivity contribution in [2.24, 2.45) is 0 Å². The molecule has 0 amide bonds. The number of phosphoric ester groups is 1. The molecular formula is C11H15ClFN4O13P3. The van der Waals surface area contributed by atoms with Crippen molar-refractivity contribution in [3.8, 4) is 11.3 Å². The lowest BCUT2D eigenvalue weighted by Crippen LogP contribution is -2.46. The van der Waals surface area contributed by atoms with Crippen molar-refractivity contribution in [1.29, 1.82) is 0 Å². The predicted molar refractivity (Wildman–Crippen MR) is 103 cm³/mol. The monoisotopic (exact) mass is 558 g/mol. The Bertz CT molecular complexity index is 1170. The Morgan fingerprint density at radius 3 is 2.42 bits per heavy atom. The van der Waals surface area contributed by atoms with Gasteiger partial charge < -0.3 is 35.2 Å². The Hall–Kier alpha value is -1.28. The number of rotatable bonds is 8. The van der Waals surface area contributed by atoms with Gasteiger partial charge in [-0.1, -0.05) is 0 Å². The minimum Gasteiger partial charge on any atom is -0.386 e. The third-order valence-electron chi connectivity index (χ3n) is 3.76. The summed E-state index contributed by atoms with van der Waals surface area (Å²) in [4.78, 5) is 51.2. The van der Waals surface area contributed by atoms with Crippen molar-refractivity contribution >= 4 is 40.9 Å². The first-order valence-corrected chi connectivity index (χ1v) is 13.0. The molecule has 2 heterocycles. The molecular weight excluding hydrogens is 544 g/mol. The van der Waals surface area contributed by atoms with Gasteiger partial charge in [0.1, 0.15) is 18.0 Å². The van der Waals surface area contributed by atoms with Crippen molar-refractivity contribution in [3.05, 3.63) is 16.7 Å². The van der Waals surface area contributed by atoms with E-state index < -0.39 is 59.4 Å². The Balaban J connectivity index is 2.31. The molecule has 1 aromatic heterocycles. The van der Waals surface area contributed by atoms with E-state index in [4.69, 9.17) is 31.9 Å². The fourth-order valence-corrected chi connectivity index (χ4v) is 5.95. The first-order valence-electron chi connectivity index (χ1n) is 8.09. The number of hydrogen-bond donors (Lipinski definition) is 6. The number of nitrogens with two attached hydrogens (primary N) is 1. The fourth-order valence-electron chi connectivity index (χ4n) is 2.61. The Kier molecular flexibility index (Phi) is 8.27. The van der Waals surface area contributed by atoms with Crippen LogP contribution in [0.5, 0.6) is 0 Å². The largest absolute Gasteiger partial charge is 0.490 e. The second-order valence-corrected chi connectivity index (χ2v) is 10.8. The van der Waals surface area contributed by atoms with Gasteiger partial charge in [-0.3, -0.25) is 4.52 Å². The highest BCUT2D eigenvalue weighted by molar-refractivity contribution is 7.66. The van der Waals surface area contributed by atoms with Crippen LogP contribution in [0.1, 0.15) is 13.2 Å². The average molecular weight is 559 g/mol. The number of alkyl halides is 1. The normalized spacial score (nSPS) is 30.0. The minimum absolute atomic E-state index is 0.304. The van der Waals surface area contributed by atoms with Crippen LogP contribution < -0.4 is 11.4 Å². The Morgan fingerprint density at radius 2 is 1.91 bits per heavy atom. The van der Waals surface area contributed by atoms with Crippen molar-refractivity contribution in [2.45, 2.75) is 37.1 Å². The number of anilines is 1. The highest BCUT2D eigenvalue weighted by Gasteiger charge is 2.61. The summed E-state index contributed by atoms with van der Waals surface area (Å²) in [6, 6.07) is 0. The van der Waals surface area contributed by atoms with Gasteiger partial charge in [0.05, 0.1) is 12.3 Å². The molecule has 0 aliphatic carbocycles. The van der Waals surface area contributed by atoms with Gasteiger partial charge in [-0.05, 0) is 24.4 Å². The highest BCUT2D eigenvalue weighted by Crippen LogP contribution is 2.66. The molecule has 0 bridgehead atoms. The minimum atomic E-state index is -5.84. The SMILES string of the molecule is C[C@H](OP(=O)(O)OP(=O)(O)OP(=O)(O)O)[C@H]1O[C@@H](n2ncc(N)nc2=O)C(F)(C#CCl)C1O. The molecule has 1 aliphatic rings. The topological polar surface area (TPSA) is 263 Å². The van der Waals surface area contributed by atoms with E-state index in [1.165, 1.54) is 0 Å². The number of halogens is 2. The summed E-state index contributed by atoms with van der Waals surface area (Å²) < 4.78 is 66.7. The zero-order valence-corrected chi connectivity index (χ0v) is 19.3. The van der Waals surface area contributed by atoms with E-state index in [0.717, 1.165) is 13.1 Å². The number of nitrogens with zero attached hydrogens (tertiary/aromatic N) is 3. The molecule has 186 valence electrons. The van der Waals surface area contributed by atoms with Crippen molar-refractivity contribution in [3.63, 3.8) is 0 Å². The molecule has 7 atom stereocenters. The second kappa shape index (κ2) is 9.76. The fraction of sp³-hybridized carbons (Fsp3) is 0.545. The molecule has 33 heavy (non-hydrogen) atoms. The maximum absolute atomic E-state index is 15.5. The molecule has 22 heteroatoms. The third-order valence-corrected chi connectivity index (χ3v) is 7.78. The van der Waals surface area contributed by atoms with Crippen LogP contribution in [0.3, 0.4) is 0 Å². The summed E-state index contributed by atoms with van der Waals surface area (Å²) in [7, 11) is -17.1. The second-order valence-electron chi connectivity index (χ2n) is 6.20. The lowest BCUT2D eigenvalue weighted by Gasteiger charge is -2.25. The van der Waals surface area contributed by atoms with Crippen molar-refractivity contribution in [1.82, 2.24) is 14.8 Å². The van der Waals surface area contributed by atoms with Crippen LogP contribution in [-0.4, -0.2) is 63.4 Å². The first kappa shape index (κ1) is 28.0. The lowest BCUT2D eigenvalue weighted by atomic mass is 9.95. The summed E-state index contributed by atoms with van der Waals surface area (Å²) >= 11 is 5.23. The number of hydrogen-bond acceptors (Lipinski definition) is 12. The molecule has 17 nitrogen and oxygen atoms in total. The lowest BCUT2D eigenvalue weighted by molar-refractivity contribution is -0.0827. The van der Waals surface area contributed by atoms with Crippen LogP contribution in [0, 0.1) is 11.3 Å². The molecule has 1 saturated heterocycles. The van der Waals surface area contributed by atoms with Crippen LogP contribution in [0.2, 0.25) is 0 Å². The molecule has 0 radical (unpaired) electrons. The molecule has 0 saturated carbocycles. The molecule has 1 fully saturated rings. The maximum Gasteiger partial charge on any atom is 0.490 e. The molecule has 0 aromatic carbocycles. The summed E-state index contributed by atoms with van der Waals surface area (Å²) in [6.07, 6.45) is -7.40. The number of nitrogen functional groups attached to an aromatic ring is 1. The summed E-state index contributed by atoms with van der Waals surface area (Å²) in [5.41, 5.74) is 0.910. The number of ether oxygens (including phenoxy) is 1. The van der Waals surface area contributed by atoms with E-state index in [-0.39, 0.29) is 5.82 Å². The number of aromatic nitrogens is 3. The van der Waals surface area contributed by atoms with Gasteiger partial charge >= 0.3 is 29.2 Å². The molecule has 0 spiro atoms. The molecule has 2 rings (SSSR count). The zero-order valence-electron chi connectivity index (χ0n) is 15.9. The Labute approximate surface area is 187 Å². The number of aliphatic hydroxyl groups excluding tert-OH is 1. The van der Waals surface area contributed by atoms with E-state index in [2.05, 4.69) is 23.2 Å². The van der Waals surface area contributed by atoms with Gasteiger partial charge in [0.2, 0.25) is 11.9 Å². The number of aliphatic hydroxyl groups is 1. The Morgan fingerprint density at radius 1 is 1.30 bits per heavy atom.